The average molecular weight is 327 g/mol. The second kappa shape index (κ2) is 8.54. The lowest BCUT2D eigenvalue weighted by molar-refractivity contribution is -0.131. The Morgan fingerprint density at radius 1 is 1.23 bits per heavy atom. The Balaban J connectivity index is 0.00000441. The van der Waals surface area contributed by atoms with Crippen molar-refractivity contribution < 1.29 is 4.79 Å². The highest BCUT2D eigenvalue weighted by molar-refractivity contribution is 5.85. The molecule has 0 atom stereocenters. The molecule has 0 aliphatic carbocycles. The fourth-order valence-electron chi connectivity index (χ4n) is 2.61. The Bertz CT molecular complexity index is 473. The molecule has 0 aliphatic rings. The number of hydrogen-bond donors (Lipinski definition) is 2. The molecule has 1 aromatic rings. The predicted molar refractivity (Wildman–Crippen MR) is 96.5 cm³/mol. The van der Waals surface area contributed by atoms with Gasteiger partial charge in [0.25, 0.3) is 0 Å². The van der Waals surface area contributed by atoms with Crippen LogP contribution >= 0.6 is 12.4 Å². The molecule has 0 unspecified atom stereocenters. The van der Waals surface area contributed by atoms with Crippen molar-refractivity contribution in [3.05, 3.63) is 35.4 Å². The lowest BCUT2D eigenvalue weighted by Crippen LogP contribution is -2.48. The molecule has 0 spiro atoms. The molecule has 3 N–H and O–H groups in total. The van der Waals surface area contributed by atoms with Gasteiger partial charge in [0, 0.05) is 18.5 Å². The number of amides is 1. The van der Waals surface area contributed by atoms with E-state index < -0.39 is 5.41 Å². The molecule has 3 nitrogen and oxygen atoms in total. The van der Waals surface area contributed by atoms with Crippen molar-refractivity contribution in [2.24, 2.45) is 11.1 Å². The van der Waals surface area contributed by atoms with Gasteiger partial charge in [-0.2, -0.15) is 0 Å². The first kappa shape index (κ1) is 20.9. The van der Waals surface area contributed by atoms with E-state index >= 15 is 0 Å². The molecular formula is C18H31ClN2O. The van der Waals surface area contributed by atoms with Crippen molar-refractivity contribution in [1.82, 2.24) is 5.32 Å². The number of carbonyl (C=O) groups excluding carboxylic acids is 1. The van der Waals surface area contributed by atoms with E-state index in [4.69, 9.17) is 5.73 Å². The fraction of sp³-hybridized carbons (Fsp3) is 0.611. The van der Waals surface area contributed by atoms with Gasteiger partial charge >= 0.3 is 0 Å². The Labute approximate surface area is 141 Å². The number of aryl methyl sites for hydroxylation is 1. The molecule has 0 radical (unpaired) electrons. The highest BCUT2D eigenvalue weighted by atomic mass is 35.5. The zero-order valence-electron chi connectivity index (χ0n) is 14.5. The van der Waals surface area contributed by atoms with Crippen LogP contribution in [0, 0.1) is 12.3 Å². The third-order valence-corrected chi connectivity index (χ3v) is 4.72. The van der Waals surface area contributed by atoms with Crippen molar-refractivity contribution in [3.63, 3.8) is 0 Å². The van der Waals surface area contributed by atoms with Gasteiger partial charge in [0.2, 0.25) is 5.91 Å². The predicted octanol–water partition coefficient (Wildman–Crippen LogP) is 3.58. The molecule has 22 heavy (non-hydrogen) atoms. The Hall–Kier alpha value is -1.06. The number of nitrogens with two attached hydrogens (primary N) is 1. The van der Waals surface area contributed by atoms with Crippen LogP contribution in [-0.4, -0.2) is 19.0 Å². The second-order valence-corrected chi connectivity index (χ2v) is 6.63. The molecule has 0 saturated carbocycles. The van der Waals surface area contributed by atoms with Gasteiger partial charge in [0.05, 0.1) is 5.41 Å². The van der Waals surface area contributed by atoms with E-state index in [9.17, 15) is 4.79 Å². The monoisotopic (exact) mass is 326 g/mol. The van der Waals surface area contributed by atoms with E-state index in [1.54, 1.807) is 0 Å². The van der Waals surface area contributed by atoms with Crippen LogP contribution in [0.2, 0.25) is 0 Å². The van der Waals surface area contributed by atoms with Gasteiger partial charge in [-0.25, -0.2) is 0 Å². The third kappa shape index (κ3) is 4.72. The van der Waals surface area contributed by atoms with E-state index in [0.29, 0.717) is 13.1 Å². The molecule has 0 saturated heterocycles. The SMILES string of the molecule is CCC(CC)(CN)C(=O)NCC(C)(C)c1cccc(C)c1.Cl. The van der Waals surface area contributed by atoms with Crippen LogP contribution in [0.5, 0.6) is 0 Å². The van der Waals surface area contributed by atoms with Gasteiger partial charge in [-0.3, -0.25) is 4.79 Å². The van der Waals surface area contributed by atoms with Crippen LogP contribution in [0.3, 0.4) is 0 Å². The smallest absolute Gasteiger partial charge is 0.227 e. The number of rotatable bonds is 7. The van der Waals surface area contributed by atoms with Crippen molar-refractivity contribution in [3.8, 4) is 0 Å². The van der Waals surface area contributed by atoms with E-state index in [1.807, 2.05) is 13.8 Å². The summed E-state index contributed by atoms with van der Waals surface area (Å²) in [7, 11) is 0. The quantitative estimate of drug-likeness (QED) is 0.804. The minimum Gasteiger partial charge on any atom is -0.355 e. The number of hydrogen-bond acceptors (Lipinski definition) is 2. The normalized spacial score (nSPS) is 11.7. The molecule has 1 aromatic carbocycles. The molecule has 0 aliphatic heterocycles. The summed E-state index contributed by atoms with van der Waals surface area (Å²) in [5.74, 6) is 0.0794. The van der Waals surface area contributed by atoms with Crippen molar-refractivity contribution in [1.29, 1.82) is 0 Å². The highest BCUT2D eigenvalue weighted by Crippen LogP contribution is 2.27. The van der Waals surface area contributed by atoms with Crippen molar-refractivity contribution >= 4 is 18.3 Å². The molecule has 0 fully saturated rings. The summed E-state index contributed by atoms with van der Waals surface area (Å²) >= 11 is 0. The van der Waals surface area contributed by atoms with Crippen molar-refractivity contribution in [2.45, 2.75) is 52.9 Å². The zero-order chi connectivity index (χ0) is 16.1. The van der Waals surface area contributed by atoms with Crippen LogP contribution in [0.15, 0.2) is 24.3 Å². The maximum absolute atomic E-state index is 12.5. The fourth-order valence-corrected chi connectivity index (χ4v) is 2.61. The van der Waals surface area contributed by atoms with Crippen molar-refractivity contribution in [2.75, 3.05) is 13.1 Å². The average Bonchev–Trinajstić information content (AvgIpc) is 2.47. The zero-order valence-corrected chi connectivity index (χ0v) is 15.3. The van der Waals surface area contributed by atoms with Crippen LogP contribution in [0.4, 0.5) is 0 Å². The van der Waals surface area contributed by atoms with Crippen LogP contribution in [0.1, 0.15) is 51.7 Å². The van der Waals surface area contributed by atoms with Gasteiger partial charge in [0.1, 0.15) is 0 Å². The first-order chi connectivity index (χ1) is 9.81. The molecule has 1 rings (SSSR count). The van der Waals surface area contributed by atoms with Gasteiger partial charge < -0.3 is 11.1 Å². The molecular weight excluding hydrogens is 296 g/mol. The summed E-state index contributed by atoms with van der Waals surface area (Å²) < 4.78 is 0. The van der Waals surface area contributed by atoms with Gasteiger partial charge in [-0.05, 0) is 25.3 Å². The summed E-state index contributed by atoms with van der Waals surface area (Å²) in [6.45, 7) is 11.5. The van der Waals surface area contributed by atoms with E-state index in [-0.39, 0.29) is 23.7 Å². The van der Waals surface area contributed by atoms with Gasteiger partial charge in [-0.1, -0.05) is 57.5 Å². The number of nitrogens with one attached hydrogen (secondary N) is 1. The first-order valence-corrected chi connectivity index (χ1v) is 7.87. The second-order valence-electron chi connectivity index (χ2n) is 6.63. The Morgan fingerprint density at radius 3 is 2.27 bits per heavy atom. The molecule has 0 heterocycles. The van der Waals surface area contributed by atoms with E-state index in [1.165, 1.54) is 11.1 Å². The van der Waals surface area contributed by atoms with Gasteiger partial charge in [0.15, 0.2) is 0 Å². The van der Waals surface area contributed by atoms with Gasteiger partial charge in [-0.15, -0.1) is 12.4 Å². The minimum absolute atomic E-state index is 0. The largest absolute Gasteiger partial charge is 0.355 e. The lowest BCUT2D eigenvalue weighted by atomic mass is 9.80. The Kier molecular flexibility index (Phi) is 8.13. The summed E-state index contributed by atoms with van der Waals surface area (Å²) in [5, 5.41) is 3.12. The molecule has 126 valence electrons. The van der Waals surface area contributed by atoms with E-state index in [2.05, 4.69) is 50.4 Å². The number of carbonyl (C=O) groups is 1. The molecule has 4 heteroatoms. The summed E-state index contributed by atoms with van der Waals surface area (Å²) in [4.78, 5) is 12.5. The minimum atomic E-state index is -0.428. The first-order valence-electron chi connectivity index (χ1n) is 7.87. The van der Waals surface area contributed by atoms with Crippen LogP contribution < -0.4 is 11.1 Å². The lowest BCUT2D eigenvalue weighted by Gasteiger charge is -2.32. The van der Waals surface area contributed by atoms with E-state index in [0.717, 1.165) is 12.8 Å². The number of halogens is 1. The molecule has 0 bridgehead atoms. The summed E-state index contributed by atoms with van der Waals surface area (Å²) in [6, 6.07) is 8.46. The highest BCUT2D eigenvalue weighted by Gasteiger charge is 2.34. The molecule has 1 amide bonds. The van der Waals surface area contributed by atoms with Crippen LogP contribution in [-0.2, 0) is 10.2 Å². The van der Waals surface area contributed by atoms with Crippen LogP contribution in [0.25, 0.3) is 0 Å². The molecule has 0 aromatic heterocycles. The Morgan fingerprint density at radius 2 is 1.82 bits per heavy atom. The third-order valence-electron chi connectivity index (χ3n) is 4.72. The standard InChI is InChI=1S/C18H30N2O.ClH/c1-6-18(7-2,12-19)16(21)20-13-17(4,5)15-10-8-9-14(3)11-15;/h8-11H,6-7,12-13,19H2,1-5H3,(H,20,21);1H. The number of benzene rings is 1. The maximum Gasteiger partial charge on any atom is 0.227 e. The topological polar surface area (TPSA) is 55.1 Å². The maximum atomic E-state index is 12.5. The summed E-state index contributed by atoms with van der Waals surface area (Å²) in [5.41, 5.74) is 7.80. The summed E-state index contributed by atoms with van der Waals surface area (Å²) in [6.07, 6.45) is 1.55.